The van der Waals surface area contributed by atoms with Gasteiger partial charge in [-0.05, 0) is 24.8 Å². The summed E-state index contributed by atoms with van der Waals surface area (Å²) in [6, 6.07) is 12.0. The highest BCUT2D eigenvalue weighted by atomic mass is 16.5. The molecule has 1 N–H and O–H groups in total. The second-order valence-corrected chi connectivity index (χ2v) is 6.41. The Morgan fingerprint density at radius 2 is 2.14 bits per heavy atom. The molecule has 0 saturated carbocycles. The highest BCUT2D eigenvalue weighted by molar-refractivity contribution is 5.20. The van der Waals surface area contributed by atoms with Crippen LogP contribution in [-0.2, 0) is 4.74 Å². The molecule has 3 atom stereocenters. The first-order valence-electron chi connectivity index (χ1n) is 8.50. The van der Waals surface area contributed by atoms with Crippen LogP contribution in [0.2, 0.25) is 0 Å². The molecular formula is C18H28N2O. The minimum absolute atomic E-state index is 0.441. The third-order valence-corrected chi connectivity index (χ3v) is 4.78. The van der Waals surface area contributed by atoms with Gasteiger partial charge < -0.3 is 10.1 Å². The van der Waals surface area contributed by atoms with Crippen LogP contribution in [0.25, 0.3) is 0 Å². The van der Waals surface area contributed by atoms with E-state index in [1.807, 2.05) is 0 Å². The Balaban J connectivity index is 1.70. The van der Waals surface area contributed by atoms with Crippen LogP contribution in [0.1, 0.15) is 44.2 Å². The predicted molar refractivity (Wildman–Crippen MR) is 86.4 cm³/mol. The van der Waals surface area contributed by atoms with E-state index in [-0.39, 0.29) is 0 Å². The molecule has 2 aliphatic rings. The molecule has 21 heavy (non-hydrogen) atoms. The van der Waals surface area contributed by atoms with E-state index in [0.717, 1.165) is 26.2 Å². The number of nitrogens with zero attached hydrogens (tertiary/aromatic N) is 1. The monoisotopic (exact) mass is 288 g/mol. The van der Waals surface area contributed by atoms with Crippen LogP contribution in [0, 0.1) is 0 Å². The van der Waals surface area contributed by atoms with Crippen molar-refractivity contribution in [1.82, 2.24) is 10.2 Å². The first-order valence-corrected chi connectivity index (χ1v) is 8.50. The first-order chi connectivity index (χ1) is 10.4. The van der Waals surface area contributed by atoms with Crippen LogP contribution in [0.15, 0.2) is 30.3 Å². The van der Waals surface area contributed by atoms with Crippen LogP contribution in [0.4, 0.5) is 0 Å². The smallest absolute Gasteiger partial charge is 0.0703 e. The minimum Gasteiger partial charge on any atom is -0.377 e. The van der Waals surface area contributed by atoms with Gasteiger partial charge in [0.05, 0.1) is 6.10 Å². The summed E-state index contributed by atoms with van der Waals surface area (Å²) < 4.78 is 5.87. The van der Waals surface area contributed by atoms with Crippen LogP contribution >= 0.6 is 0 Å². The first kappa shape index (κ1) is 15.0. The fourth-order valence-corrected chi connectivity index (χ4v) is 3.68. The van der Waals surface area contributed by atoms with Crippen LogP contribution in [-0.4, -0.2) is 43.3 Å². The molecular weight excluding hydrogens is 260 g/mol. The van der Waals surface area contributed by atoms with E-state index < -0.39 is 0 Å². The zero-order valence-electron chi connectivity index (χ0n) is 13.1. The summed E-state index contributed by atoms with van der Waals surface area (Å²) >= 11 is 0. The molecule has 3 rings (SSSR count). The Bertz CT molecular complexity index is 416. The molecule has 0 radical (unpaired) electrons. The standard InChI is InChI=1S/C18H28N2O/c1-2-7-16-13-20(14-17-10-6-11-21-17)18(12-19-16)15-8-4-3-5-9-15/h3-5,8-9,16-19H,2,6-7,10-14H2,1H3. The summed E-state index contributed by atoms with van der Waals surface area (Å²) in [5.74, 6) is 0. The van der Waals surface area contributed by atoms with Crippen molar-refractivity contribution in [2.45, 2.75) is 50.8 Å². The van der Waals surface area contributed by atoms with Crippen molar-refractivity contribution in [3.8, 4) is 0 Å². The van der Waals surface area contributed by atoms with E-state index in [1.165, 1.54) is 31.2 Å². The van der Waals surface area contributed by atoms with E-state index >= 15 is 0 Å². The Morgan fingerprint density at radius 3 is 2.86 bits per heavy atom. The molecule has 0 aliphatic carbocycles. The topological polar surface area (TPSA) is 24.5 Å². The molecule has 3 heteroatoms. The van der Waals surface area contributed by atoms with E-state index in [1.54, 1.807) is 0 Å². The van der Waals surface area contributed by atoms with E-state index in [4.69, 9.17) is 4.74 Å². The Kier molecular flexibility index (Phi) is 5.28. The molecule has 0 aromatic heterocycles. The van der Waals surface area contributed by atoms with Crippen molar-refractivity contribution >= 4 is 0 Å². The highest BCUT2D eigenvalue weighted by Crippen LogP contribution is 2.26. The Morgan fingerprint density at radius 1 is 1.29 bits per heavy atom. The number of hydrogen-bond acceptors (Lipinski definition) is 3. The summed E-state index contributed by atoms with van der Waals surface area (Å²) in [5, 5.41) is 3.74. The van der Waals surface area contributed by atoms with E-state index in [0.29, 0.717) is 18.2 Å². The summed E-state index contributed by atoms with van der Waals surface area (Å²) in [6.45, 7) is 6.51. The van der Waals surface area contributed by atoms with Gasteiger partial charge in [-0.3, -0.25) is 4.90 Å². The number of hydrogen-bond donors (Lipinski definition) is 1. The van der Waals surface area contributed by atoms with Gasteiger partial charge in [-0.2, -0.15) is 0 Å². The fraction of sp³-hybridized carbons (Fsp3) is 0.667. The number of piperazine rings is 1. The van der Waals surface area contributed by atoms with Gasteiger partial charge >= 0.3 is 0 Å². The van der Waals surface area contributed by atoms with Gasteiger partial charge in [0.15, 0.2) is 0 Å². The number of ether oxygens (including phenoxy) is 1. The fourth-order valence-electron chi connectivity index (χ4n) is 3.68. The SMILES string of the molecule is CCCC1CN(CC2CCCO2)C(c2ccccc2)CN1. The number of benzene rings is 1. The second-order valence-electron chi connectivity index (χ2n) is 6.41. The maximum Gasteiger partial charge on any atom is 0.0703 e. The molecule has 2 fully saturated rings. The normalized spacial score (nSPS) is 30.6. The van der Waals surface area contributed by atoms with Gasteiger partial charge in [0.1, 0.15) is 0 Å². The van der Waals surface area contributed by atoms with Crippen molar-refractivity contribution < 1.29 is 4.74 Å². The number of nitrogens with one attached hydrogen (secondary N) is 1. The van der Waals surface area contributed by atoms with Crippen molar-refractivity contribution in [2.24, 2.45) is 0 Å². The molecule has 1 aromatic rings. The molecule has 0 spiro atoms. The van der Waals surface area contributed by atoms with Crippen molar-refractivity contribution in [2.75, 3.05) is 26.2 Å². The van der Waals surface area contributed by atoms with E-state index in [9.17, 15) is 0 Å². The lowest BCUT2D eigenvalue weighted by atomic mass is 9.98. The zero-order chi connectivity index (χ0) is 14.5. The van der Waals surface area contributed by atoms with E-state index in [2.05, 4.69) is 47.5 Å². The largest absolute Gasteiger partial charge is 0.377 e. The molecule has 0 bridgehead atoms. The molecule has 3 nitrogen and oxygen atoms in total. The second kappa shape index (κ2) is 7.39. The lowest BCUT2D eigenvalue weighted by Crippen LogP contribution is -2.53. The van der Waals surface area contributed by atoms with Crippen LogP contribution < -0.4 is 5.32 Å². The quantitative estimate of drug-likeness (QED) is 0.901. The van der Waals surface area contributed by atoms with Crippen LogP contribution in [0.3, 0.4) is 0 Å². The molecule has 116 valence electrons. The van der Waals surface area contributed by atoms with Gasteiger partial charge in [-0.25, -0.2) is 0 Å². The predicted octanol–water partition coefficient (Wildman–Crippen LogP) is 2.98. The van der Waals surface area contributed by atoms with Gasteiger partial charge in [0.2, 0.25) is 0 Å². The molecule has 2 heterocycles. The summed E-state index contributed by atoms with van der Waals surface area (Å²) in [5.41, 5.74) is 1.43. The van der Waals surface area contributed by atoms with Gasteiger partial charge in [0, 0.05) is 38.3 Å². The highest BCUT2D eigenvalue weighted by Gasteiger charge is 2.31. The lowest BCUT2D eigenvalue weighted by molar-refractivity contribution is 0.0379. The molecule has 0 amide bonds. The summed E-state index contributed by atoms with van der Waals surface area (Å²) in [4.78, 5) is 2.65. The molecule has 2 saturated heterocycles. The molecule has 2 aliphatic heterocycles. The Hall–Kier alpha value is -0.900. The van der Waals surface area contributed by atoms with Crippen molar-refractivity contribution in [3.05, 3.63) is 35.9 Å². The average Bonchev–Trinajstić information content (AvgIpc) is 3.02. The summed E-state index contributed by atoms with van der Waals surface area (Å²) in [7, 11) is 0. The summed E-state index contributed by atoms with van der Waals surface area (Å²) in [6.07, 6.45) is 5.41. The van der Waals surface area contributed by atoms with Crippen molar-refractivity contribution in [3.63, 3.8) is 0 Å². The zero-order valence-corrected chi connectivity index (χ0v) is 13.1. The maximum atomic E-state index is 5.87. The maximum absolute atomic E-state index is 5.87. The Labute approximate surface area is 128 Å². The lowest BCUT2D eigenvalue weighted by Gasteiger charge is -2.41. The van der Waals surface area contributed by atoms with Gasteiger partial charge in [0.25, 0.3) is 0 Å². The molecule has 1 aromatic carbocycles. The van der Waals surface area contributed by atoms with Crippen LogP contribution in [0.5, 0.6) is 0 Å². The van der Waals surface area contributed by atoms with Crippen molar-refractivity contribution in [1.29, 1.82) is 0 Å². The third-order valence-electron chi connectivity index (χ3n) is 4.78. The number of rotatable bonds is 5. The third kappa shape index (κ3) is 3.85. The van der Waals surface area contributed by atoms with Gasteiger partial charge in [-0.15, -0.1) is 0 Å². The minimum atomic E-state index is 0.441. The molecule has 3 unspecified atom stereocenters. The van der Waals surface area contributed by atoms with Gasteiger partial charge in [-0.1, -0.05) is 43.7 Å². The average molecular weight is 288 g/mol.